The highest BCUT2D eigenvalue weighted by molar-refractivity contribution is 5.84. The average Bonchev–Trinajstić information content (AvgIpc) is 3.44. The van der Waals surface area contributed by atoms with Gasteiger partial charge in [-0.2, -0.15) is 0 Å². The normalized spacial score (nSPS) is 30.6. The summed E-state index contributed by atoms with van der Waals surface area (Å²) >= 11 is 0. The first-order valence-corrected chi connectivity index (χ1v) is 9.47. The molecule has 2 rings (SSSR count). The van der Waals surface area contributed by atoms with Crippen molar-refractivity contribution >= 4 is 11.9 Å². The number of carboxylic acid groups (broad SMARTS) is 1. The van der Waals surface area contributed by atoms with Gasteiger partial charge < -0.3 is 10.8 Å². The zero-order valence-electron chi connectivity index (χ0n) is 15.2. The molecule has 6 heteroatoms. The van der Waals surface area contributed by atoms with E-state index in [1.54, 1.807) is 0 Å². The molecule has 24 heavy (non-hydrogen) atoms. The second-order valence-electron chi connectivity index (χ2n) is 7.27. The van der Waals surface area contributed by atoms with E-state index in [2.05, 4.69) is 23.6 Å². The minimum atomic E-state index is -0.718. The molecule has 2 aliphatic heterocycles. The van der Waals surface area contributed by atoms with Crippen LogP contribution < -0.4 is 5.73 Å². The quantitative estimate of drug-likeness (QED) is 0.394. The first-order valence-electron chi connectivity index (χ1n) is 9.47. The molecule has 1 amide bonds. The van der Waals surface area contributed by atoms with E-state index in [1.165, 1.54) is 0 Å². The molecule has 2 fully saturated rings. The van der Waals surface area contributed by atoms with Gasteiger partial charge in [0.05, 0.1) is 5.41 Å². The Morgan fingerprint density at radius 2 is 1.50 bits per heavy atom. The van der Waals surface area contributed by atoms with E-state index in [0.717, 1.165) is 64.7 Å². The standard InChI is InChI=1S/C18H33N3O3/c1-3-20-12-14(20)18(17(19)24,15-13-21(15)4-2)11-9-7-5-6-8-10-16(22)23/h14-15H,3-13H2,1-2H3,(H2,19,24)(H,22,23). The second kappa shape index (κ2) is 8.30. The number of unbranched alkanes of at least 4 members (excludes halogenated alkanes) is 4. The van der Waals surface area contributed by atoms with E-state index in [1.807, 2.05) is 0 Å². The lowest BCUT2D eigenvalue weighted by Crippen LogP contribution is -2.49. The van der Waals surface area contributed by atoms with Gasteiger partial charge in [-0.25, -0.2) is 0 Å². The molecule has 0 spiro atoms. The number of aliphatic carboxylic acids is 1. The molecule has 3 N–H and O–H groups in total. The van der Waals surface area contributed by atoms with Crippen LogP contribution in [-0.4, -0.2) is 65.0 Å². The monoisotopic (exact) mass is 339 g/mol. The predicted octanol–water partition coefficient (Wildman–Crippen LogP) is 1.68. The van der Waals surface area contributed by atoms with Crippen LogP contribution in [0.4, 0.5) is 0 Å². The summed E-state index contributed by atoms with van der Waals surface area (Å²) in [5.74, 6) is -0.847. The molecule has 0 aromatic heterocycles. The average molecular weight is 339 g/mol. The maximum Gasteiger partial charge on any atom is 0.303 e. The summed E-state index contributed by atoms with van der Waals surface area (Å²) in [5, 5.41) is 8.66. The Morgan fingerprint density at radius 3 is 1.92 bits per heavy atom. The Bertz CT molecular complexity index is 437. The van der Waals surface area contributed by atoms with E-state index in [4.69, 9.17) is 10.8 Å². The summed E-state index contributed by atoms with van der Waals surface area (Å²) in [4.78, 5) is 27.7. The highest BCUT2D eigenvalue weighted by atomic mass is 16.4. The van der Waals surface area contributed by atoms with E-state index in [-0.39, 0.29) is 12.3 Å². The molecule has 0 radical (unpaired) electrons. The molecular weight excluding hydrogens is 306 g/mol. The van der Waals surface area contributed by atoms with Crippen molar-refractivity contribution < 1.29 is 14.7 Å². The zero-order chi connectivity index (χ0) is 17.7. The van der Waals surface area contributed by atoms with E-state index in [0.29, 0.717) is 12.1 Å². The summed E-state index contributed by atoms with van der Waals surface area (Å²) in [7, 11) is 0. The molecule has 2 heterocycles. The van der Waals surface area contributed by atoms with Crippen LogP contribution >= 0.6 is 0 Å². The Kier molecular flexibility index (Phi) is 6.63. The third kappa shape index (κ3) is 4.28. The smallest absolute Gasteiger partial charge is 0.303 e. The van der Waals surface area contributed by atoms with Gasteiger partial charge in [-0.15, -0.1) is 0 Å². The molecule has 6 nitrogen and oxygen atoms in total. The van der Waals surface area contributed by atoms with Crippen LogP contribution in [0.2, 0.25) is 0 Å². The molecule has 4 atom stereocenters. The summed E-state index contributed by atoms with van der Waals surface area (Å²) < 4.78 is 0. The number of carbonyl (C=O) groups is 2. The fraction of sp³-hybridized carbons (Fsp3) is 0.889. The predicted molar refractivity (Wildman–Crippen MR) is 93.7 cm³/mol. The van der Waals surface area contributed by atoms with Gasteiger partial charge in [0.25, 0.3) is 0 Å². The molecule has 138 valence electrons. The number of hydrogen-bond donors (Lipinski definition) is 2. The van der Waals surface area contributed by atoms with Crippen molar-refractivity contribution in [2.24, 2.45) is 11.1 Å². The second-order valence-corrected chi connectivity index (χ2v) is 7.27. The highest BCUT2D eigenvalue weighted by Gasteiger charge is 2.63. The van der Waals surface area contributed by atoms with Gasteiger partial charge in [0, 0.05) is 31.6 Å². The Morgan fingerprint density at radius 1 is 1.00 bits per heavy atom. The number of amides is 1. The number of nitrogens with two attached hydrogens (primary N) is 1. The van der Waals surface area contributed by atoms with Gasteiger partial charge in [0.15, 0.2) is 0 Å². The molecule has 0 aromatic rings. The summed E-state index contributed by atoms with van der Waals surface area (Å²) in [6.07, 6.45) is 5.90. The number of likely N-dealkylation sites (N-methyl/N-ethyl adjacent to an activating group) is 2. The number of hydrogen-bond acceptors (Lipinski definition) is 4. The van der Waals surface area contributed by atoms with Crippen molar-refractivity contribution in [3.05, 3.63) is 0 Å². The van der Waals surface area contributed by atoms with Crippen LogP contribution in [0.5, 0.6) is 0 Å². The summed E-state index contributed by atoms with van der Waals surface area (Å²) in [6.45, 7) is 8.22. The van der Waals surface area contributed by atoms with Crippen molar-refractivity contribution in [2.45, 2.75) is 70.9 Å². The number of nitrogens with zero attached hydrogens (tertiary/aromatic N) is 2. The molecule has 0 aliphatic carbocycles. The summed E-state index contributed by atoms with van der Waals surface area (Å²) in [5.41, 5.74) is 5.53. The zero-order valence-corrected chi connectivity index (χ0v) is 15.2. The maximum absolute atomic E-state index is 12.5. The Balaban J connectivity index is 1.85. The molecular formula is C18H33N3O3. The number of carboxylic acids is 1. The number of rotatable bonds is 13. The maximum atomic E-state index is 12.5. The fourth-order valence-corrected chi connectivity index (χ4v) is 4.26. The van der Waals surface area contributed by atoms with E-state index >= 15 is 0 Å². The first-order chi connectivity index (χ1) is 11.5. The largest absolute Gasteiger partial charge is 0.481 e. The Hall–Kier alpha value is -1.14. The van der Waals surface area contributed by atoms with E-state index in [9.17, 15) is 9.59 Å². The van der Waals surface area contributed by atoms with Crippen molar-refractivity contribution in [2.75, 3.05) is 26.2 Å². The molecule has 2 saturated heterocycles. The minimum absolute atomic E-state index is 0.129. The lowest BCUT2D eigenvalue weighted by Gasteiger charge is -2.31. The van der Waals surface area contributed by atoms with Crippen molar-refractivity contribution in [3.8, 4) is 0 Å². The van der Waals surface area contributed by atoms with Gasteiger partial charge in [0.2, 0.25) is 5.91 Å². The van der Waals surface area contributed by atoms with Crippen LogP contribution in [0, 0.1) is 5.41 Å². The Labute approximate surface area is 145 Å². The lowest BCUT2D eigenvalue weighted by atomic mass is 9.75. The highest BCUT2D eigenvalue weighted by Crippen LogP contribution is 2.49. The minimum Gasteiger partial charge on any atom is -0.481 e. The number of primary amides is 1. The number of carbonyl (C=O) groups excluding carboxylic acids is 1. The van der Waals surface area contributed by atoms with Gasteiger partial charge in [-0.1, -0.05) is 39.5 Å². The molecule has 4 unspecified atom stereocenters. The third-order valence-electron chi connectivity index (χ3n) is 5.87. The molecule has 0 aromatic carbocycles. The molecule has 0 saturated carbocycles. The molecule has 0 bridgehead atoms. The SMILES string of the molecule is CCN1CC1C(CCCCCCCC(=O)O)(C(N)=O)C1CN1CC. The van der Waals surface area contributed by atoms with E-state index < -0.39 is 11.4 Å². The van der Waals surface area contributed by atoms with Crippen molar-refractivity contribution in [3.63, 3.8) is 0 Å². The fourth-order valence-electron chi connectivity index (χ4n) is 4.26. The van der Waals surface area contributed by atoms with Crippen LogP contribution in [0.25, 0.3) is 0 Å². The topological polar surface area (TPSA) is 86.4 Å². The summed E-state index contributed by atoms with van der Waals surface area (Å²) in [6, 6.07) is 0.627. The van der Waals surface area contributed by atoms with Gasteiger partial charge in [-0.3, -0.25) is 19.4 Å². The van der Waals surface area contributed by atoms with Crippen molar-refractivity contribution in [1.82, 2.24) is 9.80 Å². The van der Waals surface area contributed by atoms with Gasteiger partial charge in [0.1, 0.15) is 0 Å². The van der Waals surface area contributed by atoms with Crippen LogP contribution in [0.1, 0.15) is 58.8 Å². The molecule has 2 aliphatic rings. The van der Waals surface area contributed by atoms with Crippen LogP contribution in [0.15, 0.2) is 0 Å². The third-order valence-corrected chi connectivity index (χ3v) is 5.87. The van der Waals surface area contributed by atoms with Crippen LogP contribution in [0.3, 0.4) is 0 Å². The van der Waals surface area contributed by atoms with Crippen LogP contribution in [-0.2, 0) is 9.59 Å². The van der Waals surface area contributed by atoms with Gasteiger partial charge in [-0.05, 0) is 25.9 Å². The lowest BCUT2D eigenvalue weighted by molar-refractivity contribution is -0.137. The van der Waals surface area contributed by atoms with Gasteiger partial charge >= 0.3 is 5.97 Å². The van der Waals surface area contributed by atoms with Crippen molar-refractivity contribution in [1.29, 1.82) is 0 Å². The first kappa shape index (κ1) is 19.2.